The topological polar surface area (TPSA) is 9.72 Å². The third-order valence-corrected chi connectivity index (χ3v) is 9.12. The van der Waals surface area contributed by atoms with Crippen LogP contribution in [-0.4, -0.2) is 62.2 Å². The lowest BCUT2D eigenvalue weighted by molar-refractivity contribution is 0.231. The second kappa shape index (κ2) is 8.55. The van der Waals surface area contributed by atoms with Gasteiger partial charge in [-0.15, -0.1) is 0 Å². The lowest BCUT2D eigenvalue weighted by Crippen LogP contribution is -2.47. The Morgan fingerprint density at radius 1 is 0.529 bits per heavy atom. The molecule has 174 valence electrons. The summed E-state index contributed by atoms with van der Waals surface area (Å²) in [5.74, 6) is 2.75. The molecule has 2 saturated heterocycles. The predicted molar refractivity (Wildman–Crippen MR) is 140 cm³/mol. The first-order valence-electron chi connectivity index (χ1n) is 13.3. The molecule has 0 spiro atoms. The van der Waals surface area contributed by atoms with Crippen LogP contribution in [0.2, 0.25) is 0 Å². The van der Waals surface area contributed by atoms with Gasteiger partial charge in [-0.3, -0.25) is 4.90 Å². The van der Waals surface area contributed by atoms with Crippen molar-refractivity contribution in [2.45, 2.75) is 18.3 Å². The van der Waals surface area contributed by atoms with E-state index in [1.54, 1.807) is 22.3 Å². The van der Waals surface area contributed by atoms with Crippen molar-refractivity contribution >= 4 is 5.69 Å². The van der Waals surface area contributed by atoms with Crippen molar-refractivity contribution in [1.29, 1.82) is 0 Å². The van der Waals surface area contributed by atoms with Crippen LogP contribution < -0.4 is 4.90 Å². The van der Waals surface area contributed by atoms with Gasteiger partial charge in [0.25, 0.3) is 0 Å². The van der Waals surface area contributed by atoms with Crippen LogP contribution in [0.5, 0.6) is 0 Å². The maximum absolute atomic E-state index is 2.80. The van der Waals surface area contributed by atoms with Crippen LogP contribution in [0.25, 0.3) is 0 Å². The summed E-state index contributed by atoms with van der Waals surface area (Å²) in [6.45, 7) is 9.71. The van der Waals surface area contributed by atoms with Crippen molar-refractivity contribution in [2.75, 3.05) is 57.3 Å². The molecule has 2 atom stereocenters. The highest BCUT2D eigenvalue weighted by atomic mass is 15.3. The molecule has 8 rings (SSSR count). The van der Waals surface area contributed by atoms with E-state index in [4.69, 9.17) is 0 Å². The minimum Gasteiger partial charge on any atom is -0.369 e. The maximum atomic E-state index is 2.80. The molecule has 2 heterocycles. The molecule has 3 aliphatic carbocycles. The van der Waals surface area contributed by atoms with Crippen molar-refractivity contribution in [3.8, 4) is 0 Å². The lowest BCUT2D eigenvalue weighted by Gasteiger charge is -2.48. The highest BCUT2D eigenvalue weighted by Crippen LogP contribution is 2.60. The van der Waals surface area contributed by atoms with Gasteiger partial charge < -0.3 is 9.80 Å². The van der Waals surface area contributed by atoms with Crippen molar-refractivity contribution < 1.29 is 0 Å². The van der Waals surface area contributed by atoms with Crippen molar-refractivity contribution in [3.05, 3.63) is 101 Å². The van der Waals surface area contributed by atoms with E-state index in [0.717, 1.165) is 24.9 Å². The summed E-state index contributed by atoms with van der Waals surface area (Å²) in [4.78, 5) is 8.01. The Kier molecular flexibility index (Phi) is 5.21. The van der Waals surface area contributed by atoms with Crippen LogP contribution >= 0.6 is 0 Å². The Bertz CT molecular complexity index is 1040. The van der Waals surface area contributed by atoms with Gasteiger partial charge in [-0.1, -0.05) is 66.7 Å². The number of nitrogens with zero attached hydrogens (tertiary/aromatic N) is 3. The fourth-order valence-electron chi connectivity index (χ4n) is 7.63. The van der Waals surface area contributed by atoms with Gasteiger partial charge in [0.15, 0.2) is 0 Å². The number of anilines is 1. The fourth-order valence-corrected chi connectivity index (χ4v) is 7.63. The smallest absolute Gasteiger partial charge is 0.0367 e. The van der Waals surface area contributed by atoms with E-state index < -0.39 is 0 Å². The molecular formula is C31H35N3. The molecule has 34 heavy (non-hydrogen) atoms. The number of likely N-dealkylation sites (tertiary alicyclic amines) is 1. The summed E-state index contributed by atoms with van der Waals surface area (Å²) >= 11 is 0. The van der Waals surface area contributed by atoms with Gasteiger partial charge >= 0.3 is 0 Å². The molecule has 2 bridgehead atoms. The van der Waals surface area contributed by atoms with Crippen molar-refractivity contribution in [2.24, 2.45) is 11.8 Å². The molecular weight excluding hydrogens is 414 g/mol. The standard InChI is InChI=1S/C31H35N3/c1-2-9-23(10-3-1)34-19-17-32(18-20-34)15-8-16-33-21-28-29(22-33)31-25-12-5-4-11-24(25)30(28)26-13-6-7-14-27(26)31/h1-7,9-14,28-31H,8,15-22H2. The molecule has 2 unspecified atom stereocenters. The van der Waals surface area contributed by atoms with Gasteiger partial charge in [-0.05, 0) is 65.7 Å². The number of hydrogen-bond acceptors (Lipinski definition) is 3. The SMILES string of the molecule is c1ccc(N2CCN(CCCN3CC4C5c6ccccc6C(c6ccccc65)C4C3)CC2)cc1. The first-order chi connectivity index (χ1) is 16.9. The maximum Gasteiger partial charge on any atom is 0.0367 e. The Morgan fingerprint density at radius 3 is 1.53 bits per heavy atom. The van der Waals surface area contributed by atoms with E-state index >= 15 is 0 Å². The summed E-state index contributed by atoms with van der Waals surface area (Å²) in [7, 11) is 0. The summed E-state index contributed by atoms with van der Waals surface area (Å²) in [5, 5.41) is 0. The Morgan fingerprint density at radius 2 is 1.00 bits per heavy atom. The second-order valence-corrected chi connectivity index (χ2v) is 10.8. The Balaban J connectivity index is 0.982. The number of piperazine rings is 1. The fraction of sp³-hybridized carbons (Fsp3) is 0.419. The van der Waals surface area contributed by atoms with E-state index in [-0.39, 0.29) is 0 Å². The van der Waals surface area contributed by atoms with Gasteiger partial charge in [-0.25, -0.2) is 0 Å². The zero-order valence-corrected chi connectivity index (χ0v) is 20.0. The molecule has 0 aromatic heterocycles. The van der Waals surface area contributed by atoms with Crippen LogP contribution in [0.4, 0.5) is 5.69 Å². The molecule has 3 heteroatoms. The third-order valence-electron chi connectivity index (χ3n) is 9.12. The molecule has 0 amide bonds. The summed E-state index contributed by atoms with van der Waals surface area (Å²) in [6, 6.07) is 29.6. The second-order valence-electron chi connectivity index (χ2n) is 10.8. The Labute approximate surface area is 204 Å². The minimum absolute atomic E-state index is 0.596. The molecule has 0 N–H and O–H groups in total. The molecule has 5 aliphatic rings. The highest BCUT2D eigenvalue weighted by molar-refractivity contribution is 5.57. The normalized spacial score (nSPS) is 27.9. The van der Waals surface area contributed by atoms with Crippen LogP contribution in [0.3, 0.4) is 0 Å². The molecule has 3 aromatic carbocycles. The predicted octanol–water partition coefficient (Wildman–Crippen LogP) is 5.04. The van der Waals surface area contributed by atoms with Crippen molar-refractivity contribution in [3.63, 3.8) is 0 Å². The zero-order valence-electron chi connectivity index (χ0n) is 20.0. The van der Waals surface area contributed by atoms with Crippen LogP contribution in [0.15, 0.2) is 78.9 Å². The van der Waals surface area contributed by atoms with Gasteiger partial charge in [-0.2, -0.15) is 0 Å². The molecule has 0 saturated carbocycles. The van der Waals surface area contributed by atoms with Gasteiger partial charge in [0, 0.05) is 56.8 Å². The van der Waals surface area contributed by atoms with Crippen LogP contribution in [0, 0.1) is 11.8 Å². The monoisotopic (exact) mass is 449 g/mol. The van der Waals surface area contributed by atoms with E-state index in [0.29, 0.717) is 11.8 Å². The summed E-state index contributed by atoms with van der Waals surface area (Å²) in [5.41, 5.74) is 7.84. The zero-order chi connectivity index (χ0) is 22.5. The average molecular weight is 450 g/mol. The minimum atomic E-state index is 0.596. The van der Waals surface area contributed by atoms with Crippen molar-refractivity contribution in [1.82, 2.24) is 9.80 Å². The molecule has 2 aliphatic heterocycles. The van der Waals surface area contributed by atoms with Gasteiger partial charge in [0.1, 0.15) is 0 Å². The summed E-state index contributed by atoms with van der Waals surface area (Å²) in [6.07, 6.45) is 1.29. The van der Waals surface area contributed by atoms with E-state index in [2.05, 4.69) is 93.6 Å². The number of rotatable bonds is 5. The van der Waals surface area contributed by atoms with E-state index in [1.807, 2.05) is 0 Å². The van der Waals surface area contributed by atoms with Crippen LogP contribution in [-0.2, 0) is 0 Å². The van der Waals surface area contributed by atoms with Crippen LogP contribution in [0.1, 0.15) is 40.5 Å². The number of para-hydroxylation sites is 1. The molecule has 2 fully saturated rings. The lowest BCUT2D eigenvalue weighted by atomic mass is 9.55. The number of hydrogen-bond donors (Lipinski definition) is 0. The molecule has 3 aromatic rings. The van der Waals surface area contributed by atoms with Gasteiger partial charge in [0.05, 0.1) is 0 Å². The third kappa shape index (κ3) is 3.40. The summed E-state index contributed by atoms with van der Waals surface area (Å²) < 4.78 is 0. The van der Waals surface area contributed by atoms with Gasteiger partial charge in [0.2, 0.25) is 0 Å². The first-order valence-corrected chi connectivity index (χ1v) is 13.3. The average Bonchev–Trinajstić information content (AvgIpc) is 3.34. The Hall–Kier alpha value is -2.62. The van der Waals surface area contributed by atoms with E-state index in [9.17, 15) is 0 Å². The number of benzene rings is 3. The largest absolute Gasteiger partial charge is 0.369 e. The quantitative estimate of drug-likeness (QED) is 0.540. The van der Waals surface area contributed by atoms with E-state index in [1.165, 1.54) is 51.4 Å². The first kappa shape index (κ1) is 20.7. The highest BCUT2D eigenvalue weighted by Gasteiger charge is 2.52. The molecule has 0 radical (unpaired) electrons. The molecule has 3 nitrogen and oxygen atoms in total.